The van der Waals surface area contributed by atoms with Crippen LogP contribution in [-0.4, -0.2) is 23.5 Å². The zero-order valence-electron chi connectivity index (χ0n) is 14.5. The van der Waals surface area contributed by atoms with E-state index < -0.39 is 5.82 Å². The molecule has 24 heavy (non-hydrogen) atoms. The largest absolute Gasteiger partial charge is 0.493 e. The summed E-state index contributed by atoms with van der Waals surface area (Å²) < 4.78 is 19.5. The third-order valence-corrected chi connectivity index (χ3v) is 3.19. The van der Waals surface area contributed by atoms with Crippen LogP contribution in [0.15, 0.2) is 36.5 Å². The standard InChI is InChI=1S/C19H23FN2O2/c1-12(2)11-24-17-8-15(7-16(20)10-17)18-9-14(5-6-21-18)19(23)22-13(3)4/h5-10,12-13H,11H2,1-4H3,(H,22,23). The minimum Gasteiger partial charge on any atom is -0.493 e. The lowest BCUT2D eigenvalue weighted by Crippen LogP contribution is -2.30. The van der Waals surface area contributed by atoms with Gasteiger partial charge in [-0.3, -0.25) is 9.78 Å². The van der Waals surface area contributed by atoms with Crippen LogP contribution >= 0.6 is 0 Å². The fourth-order valence-corrected chi connectivity index (χ4v) is 2.13. The lowest BCUT2D eigenvalue weighted by atomic mass is 10.1. The summed E-state index contributed by atoms with van der Waals surface area (Å²) >= 11 is 0. The molecule has 1 aromatic carbocycles. The molecule has 0 atom stereocenters. The van der Waals surface area contributed by atoms with E-state index in [2.05, 4.69) is 10.3 Å². The van der Waals surface area contributed by atoms with Crippen LogP contribution in [0.1, 0.15) is 38.1 Å². The predicted octanol–water partition coefficient (Wildman–Crippen LogP) is 4.06. The fourth-order valence-electron chi connectivity index (χ4n) is 2.13. The number of nitrogens with one attached hydrogen (secondary N) is 1. The van der Waals surface area contributed by atoms with E-state index in [1.807, 2.05) is 27.7 Å². The van der Waals surface area contributed by atoms with Gasteiger partial charge in [0.1, 0.15) is 11.6 Å². The maximum Gasteiger partial charge on any atom is 0.251 e. The molecular formula is C19H23FN2O2. The van der Waals surface area contributed by atoms with E-state index in [0.717, 1.165) is 0 Å². The molecular weight excluding hydrogens is 307 g/mol. The highest BCUT2D eigenvalue weighted by molar-refractivity contribution is 5.95. The number of benzene rings is 1. The van der Waals surface area contributed by atoms with Crippen molar-refractivity contribution in [3.8, 4) is 17.0 Å². The summed E-state index contributed by atoms with van der Waals surface area (Å²) in [5, 5.41) is 2.83. The van der Waals surface area contributed by atoms with E-state index in [4.69, 9.17) is 4.74 Å². The van der Waals surface area contributed by atoms with Crippen LogP contribution in [0, 0.1) is 11.7 Å². The second-order valence-corrected chi connectivity index (χ2v) is 6.44. The molecule has 0 radical (unpaired) electrons. The Kier molecular flexibility index (Phi) is 5.90. The Balaban J connectivity index is 2.29. The minimum absolute atomic E-state index is 0.0410. The highest BCUT2D eigenvalue weighted by Crippen LogP contribution is 2.25. The Morgan fingerprint density at radius 1 is 1.21 bits per heavy atom. The Hall–Kier alpha value is -2.43. The van der Waals surface area contributed by atoms with Gasteiger partial charge in [0.2, 0.25) is 0 Å². The van der Waals surface area contributed by atoms with E-state index in [-0.39, 0.29) is 11.9 Å². The Labute approximate surface area is 142 Å². The van der Waals surface area contributed by atoms with Crippen LogP contribution in [-0.2, 0) is 0 Å². The van der Waals surface area contributed by atoms with Gasteiger partial charge < -0.3 is 10.1 Å². The number of aromatic nitrogens is 1. The quantitative estimate of drug-likeness (QED) is 0.869. The van der Waals surface area contributed by atoms with Crippen molar-refractivity contribution in [3.63, 3.8) is 0 Å². The summed E-state index contributed by atoms with van der Waals surface area (Å²) in [4.78, 5) is 16.4. The number of amides is 1. The molecule has 0 aliphatic heterocycles. The highest BCUT2D eigenvalue weighted by Gasteiger charge is 2.11. The summed E-state index contributed by atoms with van der Waals surface area (Å²) in [5.41, 5.74) is 1.59. The van der Waals surface area contributed by atoms with Gasteiger partial charge in [0.15, 0.2) is 0 Å². The first-order valence-corrected chi connectivity index (χ1v) is 8.06. The van der Waals surface area contributed by atoms with E-state index in [9.17, 15) is 9.18 Å². The molecule has 1 heterocycles. The van der Waals surface area contributed by atoms with Gasteiger partial charge in [-0.1, -0.05) is 13.8 Å². The lowest BCUT2D eigenvalue weighted by Gasteiger charge is -2.11. The summed E-state index contributed by atoms with van der Waals surface area (Å²) in [6, 6.07) is 7.79. The van der Waals surface area contributed by atoms with Gasteiger partial charge >= 0.3 is 0 Å². The van der Waals surface area contributed by atoms with Crippen LogP contribution in [0.3, 0.4) is 0 Å². The fraction of sp³-hybridized carbons (Fsp3) is 0.368. The van der Waals surface area contributed by atoms with Gasteiger partial charge in [0.25, 0.3) is 5.91 Å². The molecule has 0 unspecified atom stereocenters. The average molecular weight is 330 g/mol. The van der Waals surface area contributed by atoms with E-state index in [1.165, 1.54) is 12.1 Å². The molecule has 2 rings (SSSR count). The molecule has 0 aliphatic rings. The van der Waals surface area contributed by atoms with E-state index in [0.29, 0.717) is 35.1 Å². The summed E-state index contributed by atoms with van der Waals surface area (Å²) in [5.74, 6) is 0.224. The molecule has 4 nitrogen and oxygen atoms in total. The molecule has 1 N–H and O–H groups in total. The van der Waals surface area contributed by atoms with E-state index >= 15 is 0 Å². The van der Waals surface area contributed by atoms with Crippen LogP contribution in [0.5, 0.6) is 5.75 Å². The first kappa shape index (κ1) is 17.9. The van der Waals surface area contributed by atoms with Crippen LogP contribution in [0.25, 0.3) is 11.3 Å². The zero-order chi connectivity index (χ0) is 17.7. The Morgan fingerprint density at radius 3 is 2.62 bits per heavy atom. The second-order valence-electron chi connectivity index (χ2n) is 6.44. The van der Waals surface area contributed by atoms with Crippen molar-refractivity contribution >= 4 is 5.91 Å². The Bertz CT molecular complexity index is 714. The molecule has 0 saturated heterocycles. The van der Waals surface area contributed by atoms with Crippen molar-refractivity contribution in [2.45, 2.75) is 33.7 Å². The summed E-state index contributed by atoms with van der Waals surface area (Å²) in [6.07, 6.45) is 1.55. The number of ether oxygens (including phenoxy) is 1. The smallest absolute Gasteiger partial charge is 0.251 e. The second kappa shape index (κ2) is 7.90. The van der Waals surface area contributed by atoms with Crippen molar-refractivity contribution < 1.29 is 13.9 Å². The molecule has 0 bridgehead atoms. The maximum absolute atomic E-state index is 13.9. The number of carbonyl (C=O) groups excluding carboxylic acids is 1. The number of nitrogens with zero attached hydrogens (tertiary/aromatic N) is 1. The Morgan fingerprint density at radius 2 is 1.96 bits per heavy atom. The first-order valence-electron chi connectivity index (χ1n) is 8.06. The van der Waals surface area contributed by atoms with Crippen LogP contribution < -0.4 is 10.1 Å². The molecule has 0 fully saturated rings. The van der Waals surface area contributed by atoms with Crippen molar-refractivity contribution in [1.82, 2.24) is 10.3 Å². The topological polar surface area (TPSA) is 51.2 Å². The number of pyridine rings is 1. The van der Waals surface area contributed by atoms with Crippen molar-refractivity contribution in [1.29, 1.82) is 0 Å². The number of rotatable bonds is 6. The van der Waals surface area contributed by atoms with Crippen LogP contribution in [0.4, 0.5) is 4.39 Å². The van der Waals surface area contributed by atoms with Gasteiger partial charge in [-0.15, -0.1) is 0 Å². The van der Waals surface area contributed by atoms with Gasteiger partial charge in [-0.2, -0.15) is 0 Å². The van der Waals surface area contributed by atoms with Crippen molar-refractivity contribution in [2.24, 2.45) is 5.92 Å². The molecule has 1 amide bonds. The molecule has 128 valence electrons. The van der Waals surface area contributed by atoms with Gasteiger partial charge in [-0.05, 0) is 44.0 Å². The molecule has 2 aromatic rings. The molecule has 5 heteroatoms. The summed E-state index contributed by atoms with van der Waals surface area (Å²) in [6.45, 7) is 8.35. The van der Waals surface area contributed by atoms with E-state index in [1.54, 1.807) is 24.4 Å². The van der Waals surface area contributed by atoms with Crippen LogP contribution in [0.2, 0.25) is 0 Å². The number of hydrogen-bond donors (Lipinski definition) is 1. The predicted molar refractivity (Wildman–Crippen MR) is 92.6 cm³/mol. The van der Waals surface area contributed by atoms with Gasteiger partial charge in [-0.25, -0.2) is 4.39 Å². The van der Waals surface area contributed by atoms with Crippen molar-refractivity contribution in [3.05, 3.63) is 47.9 Å². The first-order chi connectivity index (χ1) is 11.3. The SMILES string of the molecule is CC(C)COc1cc(F)cc(-c2cc(C(=O)NC(C)C)ccn2)c1. The number of carbonyl (C=O) groups is 1. The maximum atomic E-state index is 13.9. The number of hydrogen-bond acceptors (Lipinski definition) is 3. The summed E-state index contributed by atoms with van der Waals surface area (Å²) in [7, 11) is 0. The molecule has 1 aromatic heterocycles. The number of halogens is 1. The molecule has 0 spiro atoms. The van der Waals surface area contributed by atoms with Gasteiger partial charge in [0, 0.05) is 29.4 Å². The third-order valence-electron chi connectivity index (χ3n) is 3.19. The minimum atomic E-state index is -0.398. The lowest BCUT2D eigenvalue weighted by molar-refractivity contribution is 0.0943. The monoisotopic (exact) mass is 330 g/mol. The molecule has 0 saturated carbocycles. The zero-order valence-corrected chi connectivity index (χ0v) is 14.5. The average Bonchev–Trinajstić information content (AvgIpc) is 2.52. The van der Waals surface area contributed by atoms with Gasteiger partial charge in [0.05, 0.1) is 12.3 Å². The molecule has 0 aliphatic carbocycles. The normalized spacial score (nSPS) is 11.0. The highest BCUT2D eigenvalue weighted by atomic mass is 19.1. The van der Waals surface area contributed by atoms with Crippen molar-refractivity contribution in [2.75, 3.05) is 6.61 Å². The third kappa shape index (κ3) is 5.05.